The summed E-state index contributed by atoms with van der Waals surface area (Å²) in [6, 6.07) is 13.7. The Morgan fingerprint density at radius 3 is 2.40 bits per heavy atom. The molecule has 10 heteroatoms. The summed E-state index contributed by atoms with van der Waals surface area (Å²) in [5.74, 6) is 0.0338. The molecule has 0 radical (unpaired) electrons. The van der Waals surface area contributed by atoms with Crippen molar-refractivity contribution in [2.75, 3.05) is 36.5 Å². The van der Waals surface area contributed by atoms with E-state index in [1.165, 1.54) is 11.8 Å². The lowest BCUT2D eigenvalue weighted by Crippen LogP contribution is -2.53. The van der Waals surface area contributed by atoms with Gasteiger partial charge in [0.15, 0.2) is 11.5 Å². The topological polar surface area (TPSA) is 105 Å². The van der Waals surface area contributed by atoms with Gasteiger partial charge in [0.1, 0.15) is 12.6 Å². The molecule has 1 atom stereocenters. The fraction of sp³-hybridized carbons (Fsp3) is 0.440. The lowest BCUT2D eigenvalue weighted by molar-refractivity contribution is -0.139. The van der Waals surface area contributed by atoms with Crippen LogP contribution in [0, 0.1) is 0 Å². The van der Waals surface area contributed by atoms with E-state index >= 15 is 0 Å². The number of anilines is 1. The quantitative estimate of drug-likeness (QED) is 0.477. The van der Waals surface area contributed by atoms with Crippen LogP contribution in [0.2, 0.25) is 0 Å². The number of carbonyl (C=O) groups is 2. The van der Waals surface area contributed by atoms with E-state index in [9.17, 15) is 18.0 Å². The number of sulfonamides is 1. The normalized spacial score (nSPS) is 13.2. The van der Waals surface area contributed by atoms with Gasteiger partial charge in [-0.1, -0.05) is 37.3 Å². The van der Waals surface area contributed by atoms with Crippen LogP contribution in [0.25, 0.3) is 0 Å². The van der Waals surface area contributed by atoms with Crippen LogP contribution in [0.1, 0.15) is 32.8 Å². The zero-order chi connectivity index (χ0) is 25.4. The van der Waals surface area contributed by atoms with Gasteiger partial charge in [-0.2, -0.15) is 0 Å². The van der Waals surface area contributed by atoms with E-state index in [2.05, 4.69) is 5.32 Å². The summed E-state index contributed by atoms with van der Waals surface area (Å²) in [5.41, 5.74) is 1.32. The first kappa shape index (κ1) is 26.3. The van der Waals surface area contributed by atoms with Crippen molar-refractivity contribution in [1.29, 1.82) is 0 Å². The maximum Gasteiger partial charge on any atom is 0.244 e. The number of hydrogen-bond acceptors (Lipinski definition) is 6. The second-order valence-corrected chi connectivity index (χ2v) is 10.3. The van der Waals surface area contributed by atoms with Crippen molar-refractivity contribution < 1.29 is 27.5 Å². The van der Waals surface area contributed by atoms with Crippen LogP contribution in [-0.4, -0.2) is 63.4 Å². The molecule has 3 rings (SSSR count). The summed E-state index contributed by atoms with van der Waals surface area (Å²) in [6.45, 7) is 5.51. The van der Waals surface area contributed by atoms with Crippen LogP contribution < -0.4 is 19.1 Å². The Morgan fingerprint density at radius 1 is 1.03 bits per heavy atom. The number of ether oxygens (including phenoxy) is 2. The van der Waals surface area contributed by atoms with Crippen molar-refractivity contribution in [2.45, 2.75) is 39.7 Å². The highest BCUT2D eigenvalue weighted by Crippen LogP contribution is 2.36. The van der Waals surface area contributed by atoms with Crippen LogP contribution in [0.15, 0.2) is 48.5 Å². The Bertz CT molecular complexity index is 1120. The Labute approximate surface area is 207 Å². The van der Waals surface area contributed by atoms with E-state index in [1.54, 1.807) is 18.2 Å². The zero-order valence-electron chi connectivity index (χ0n) is 20.4. The number of fused-ring (bicyclic) bond motifs is 1. The van der Waals surface area contributed by atoms with Gasteiger partial charge in [-0.15, -0.1) is 0 Å². The highest BCUT2D eigenvalue weighted by Gasteiger charge is 2.32. The first-order valence-corrected chi connectivity index (χ1v) is 13.4. The predicted octanol–water partition coefficient (Wildman–Crippen LogP) is 2.56. The largest absolute Gasteiger partial charge is 0.454 e. The van der Waals surface area contributed by atoms with Crippen LogP contribution in [0.4, 0.5) is 5.69 Å². The van der Waals surface area contributed by atoms with Gasteiger partial charge in [0.2, 0.25) is 28.6 Å². The maximum atomic E-state index is 13.6. The lowest BCUT2D eigenvalue weighted by Gasteiger charge is -2.33. The fourth-order valence-corrected chi connectivity index (χ4v) is 5.00. The van der Waals surface area contributed by atoms with Gasteiger partial charge in [-0.25, -0.2) is 8.42 Å². The molecule has 0 fully saturated rings. The summed E-state index contributed by atoms with van der Waals surface area (Å²) in [4.78, 5) is 27.9. The molecular formula is C25H33N3O6S. The molecule has 35 heavy (non-hydrogen) atoms. The first-order chi connectivity index (χ1) is 16.8. The molecule has 0 saturated heterocycles. The molecule has 1 aliphatic rings. The van der Waals surface area contributed by atoms with Crippen molar-refractivity contribution >= 4 is 27.5 Å². The summed E-state index contributed by atoms with van der Waals surface area (Å²) in [7, 11) is -3.80. The van der Waals surface area contributed by atoms with Crippen molar-refractivity contribution in [1.82, 2.24) is 10.2 Å². The third-order valence-corrected chi connectivity index (χ3v) is 7.59. The van der Waals surface area contributed by atoms with Crippen LogP contribution in [0.3, 0.4) is 0 Å². The van der Waals surface area contributed by atoms with Gasteiger partial charge in [-0.3, -0.25) is 13.9 Å². The third kappa shape index (κ3) is 6.45. The highest BCUT2D eigenvalue weighted by atomic mass is 32.2. The number of rotatable bonds is 12. The SMILES string of the molecule is CCNC(=O)C(CC)N(CCc1ccccc1)C(=O)CN(c1ccc2c(c1)OCO2)S(=O)(=O)CC. The number of hydrogen-bond donors (Lipinski definition) is 1. The van der Waals surface area contributed by atoms with Crippen molar-refractivity contribution in [3.8, 4) is 11.5 Å². The van der Waals surface area contributed by atoms with Crippen LogP contribution >= 0.6 is 0 Å². The molecule has 0 bridgehead atoms. The zero-order valence-corrected chi connectivity index (χ0v) is 21.2. The molecule has 0 aromatic heterocycles. The molecule has 0 saturated carbocycles. The third-order valence-electron chi connectivity index (χ3n) is 5.84. The molecular weight excluding hydrogens is 470 g/mol. The molecule has 190 valence electrons. The average Bonchev–Trinajstić information content (AvgIpc) is 3.33. The van der Waals surface area contributed by atoms with Gasteiger partial charge in [0.25, 0.3) is 0 Å². The van der Waals surface area contributed by atoms with E-state index in [0.29, 0.717) is 36.6 Å². The molecule has 0 aliphatic carbocycles. The number of likely N-dealkylation sites (N-methyl/N-ethyl adjacent to an activating group) is 1. The van der Waals surface area contributed by atoms with E-state index < -0.39 is 28.5 Å². The molecule has 1 aliphatic heterocycles. The van der Waals surface area contributed by atoms with Gasteiger partial charge in [0, 0.05) is 19.2 Å². The monoisotopic (exact) mass is 503 g/mol. The second kappa shape index (κ2) is 11.9. The molecule has 2 amide bonds. The summed E-state index contributed by atoms with van der Waals surface area (Å²) >= 11 is 0. The summed E-state index contributed by atoms with van der Waals surface area (Å²) in [6.07, 6.45) is 0.934. The smallest absolute Gasteiger partial charge is 0.244 e. The number of carbonyl (C=O) groups excluding carboxylic acids is 2. The summed E-state index contributed by atoms with van der Waals surface area (Å²) < 4.78 is 37.8. The van der Waals surface area contributed by atoms with E-state index in [1.807, 2.05) is 44.2 Å². The average molecular weight is 504 g/mol. The maximum absolute atomic E-state index is 13.6. The molecule has 2 aromatic rings. The molecule has 0 spiro atoms. The molecule has 1 unspecified atom stereocenters. The number of benzene rings is 2. The van der Waals surface area contributed by atoms with E-state index in [0.717, 1.165) is 9.87 Å². The van der Waals surface area contributed by atoms with Gasteiger partial charge >= 0.3 is 0 Å². The first-order valence-electron chi connectivity index (χ1n) is 11.8. The molecule has 2 aromatic carbocycles. The summed E-state index contributed by atoms with van der Waals surface area (Å²) in [5, 5.41) is 2.79. The Kier molecular flexibility index (Phi) is 8.97. The predicted molar refractivity (Wildman–Crippen MR) is 134 cm³/mol. The van der Waals surface area contributed by atoms with Crippen molar-refractivity contribution in [3.63, 3.8) is 0 Å². The molecule has 1 N–H and O–H groups in total. The Hall–Kier alpha value is -3.27. The minimum Gasteiger partial charge on any atom is -0.454 e. The highest BCUT2D eigenvalue weighted by molar-refractivity contribution is 7.92. The van der Waals surface area contributed by atoms with E-state index in [-0.39, 0.29) is 25.0 Å². The van der Waals surface area contributed by atoms with Gasteiger partial charge in [-0.05, 0) is 44.4 Å². The van der Waals surface area contributed by atoms with E-state index in [4.69, 9.17) is 9.47 Å². The number of nitrogens with zero attached hydrogens (tertiary/aromatic N) is 2. The minimum absolute atomic E-state index is 0.0518. The lowest BCUT2D eigenvalue weighted by atomic mass is 10.1. The van der Waals surface area contributed by atoms with Crippen LogP contribution in [0.5, 0.6) is 11.5 Å². The second-order valence-electron chi connectivity index (χ2n) is 8.09. The Balaban J connectivity index is 1.91. The van der Waals surface area contributed by atoms with Gasteiger partial charge in [0.05, 0.1) is 11.4 Å². The number of amides is 2. The van der Waals surface area contributed by atoms with Crippen LogP contribution in [-0.2, 0) is 26.0 Å². The minimum atomic E-state index is -3.80. The van der Waals surface area contributed by atoms with Gasteiger partial charge < -0.3 is 19.7 Å². The standard InChI is InChI=1S/C25H33N3O6S/c1-4-21(25(30)26-5-2)27(15-14-19-10-8-7-9-11-19)24(29)17-28(35(31,32)6-3)20-12-13-22-23(16-20)34-18-33-22/h7-13,16,21H,4-6,14-15,17-18H2,1-3H3,(H,26,30). The molecule has 9 nitrogen and oxygen atoms in total. The molecule has 1 heterocycles. The number of nitrogens with one attached hydrogen (secondary N) is 1. The fourth-order valence-electron chi connectivity index (χ4n) is 3.95. The van der Waals surface area contributed by atoms with Crippen molar-refractivity contribution in [2.24, 2.45) is 0 Å². The van der Waals surface area contributed by atoms with Crippen molar-refractivity contribution in [3.05, 3.63) is 54.1 Å². The Morgan fingerprint density at radius 2 is 1.74 bits per heavy atom.